The van der Waals surface area contributed by atoms with Crippen molar-refractivity contribution in [3.63, 3.8) is 0 Å². The van der Waals surface area contributed by atoms with Gasteiger partial charge in [-0.2, -0.15) is 0 Å². The number of nitrogens with zero attached hydrogens (tertiary/aromatic N) is 2. The maximum Gasteiger partial charge on any atom is 0.272 e. The Morgan fingerprint density at radius 1 is 1.33 bits per heavy atom. The number of nitro benzene ring substituents is 1. The Hall–Kier alpha value is -1.84. The third-order valence-electron chi connectivity index (χ3n) is 2.79. The second-order valence-electron chi connectivity index (χ2n) is 4.26. The van der Waals surface area contributed by atoms with Crippen LogP contribution >= 0.6 is 11.3 Å². The largest absolute Gasteiger partial charge is 0.272 e. The van der Waals surface area contributed by atoms with Gasteiger partial charge in [0.2, 0.25) is 10.0 Å². The molecule has 0 radical (unpaired) electrons. The van der Waals surface area contributed by atoms with Gasteiger partial charge in [-0.1, -0.05) is 18.2 Å². The van der Waals surface area contributed by atoms with E-state index in [1.165, 1.54) is 17.4 Å². The fourth-order valence-electron chi connectivity index (χ4n) is 1.73. The van der Waals surface area contributed by atoms with E-state index in [1.54, 1.807) is 29.1 Å². The Morgan fingerprint density at radius 3 is 2.76 bits per heavy atom. The summed E-state index contributed by atoms with van der Waals surface area (Å²) in [5, 5.41) is 12.6. The zero-order valence-electron chi connectivity index (χ0n) is 10.9. The fraction of sp³-hybridized carbons (Fsp3) is 0.250. The fourth-order valence-corrected chi connectivity index (χ4v) is 3.28. The molecule has 2 rings (SSSR count). The van der Waals surface area contributed by atoms with Gasteiger partial charge in [-0.05, 0) is 6.42 Å². The normalized spacial score (nSPS) is 11.4. The molecule has 0 bridgehead atoms. The number of benzene rings is 1. The van der Waals surface area contributed by atoms with E-state index in [4.69, 9.17) is 0 Å². The Bertz CT molecular complexity index is 714. The predicted octanol–water partition coefficient (Wildman–Crippen LogP) is 1.71. The van der Waals surface area contributed by atoms with Crippen LogP contribution in [0.1, 0.15) is 11.3 Å². The molecular formula is C12H13N3O4S2. The van der Waals surface area contributed by atoms with Gasteiger partial charge in [-0.15, -0.1) is 11.3 Å². The van der Waals surface area contributed by atoms with Crippen molar-refractivity contribution in [2.24, 2.45) is 0 Å². The molecule has 112 valence electrons. The molecule has 21 heavy (non-hydrogen) atoms. The van der Waals surface area contributed by atoms with Crippen LogP contribution < -0.4 is 4.72 Å². The molecule has 0 amide bonds. The van der Waals surface area contributed by atoms with Gasteiger partial charge in [-0.25, -0.2) is 18.1 Å². The topological polar surface area (TPSA) is 102 Å². The molecule has 0 spiro atoms. The summed E-state index contributed by atoms with van der Waals surface area (Å²) in [5.74, 6) is -0.206. The van der Waals surface area contributed by atoms with Crippen molar-refractivity contribution in [3.05, 3.63) is 56.5 Å². The zero-order chi connectivity index (χ0) is 15.3. The molecule has 0 saturated carbocycles. The summed E-state index contributed by atoms with van der Waals surface area (Å²) >= 11 is 1.38. The Kier molecular flexibility index (Phi) is 4.99. The molecule has 0 saturated heterocycles. The maximum atomic E-state index is 11.9. The van der Waals surface area contributed by atoms with Gasteiger partial charge in [0, 0.05) is 17.0 Å². The molecule has 1 aromatic heterocycles. The van der Waals surface area contributed by atoms with Crippen molar-refractivity contribution < 1.29 is 13.3 Å². The summed E-state index contributed by atoms with van der Waals surface area (Å²) < 4.78 is 26.2. The number of rotatable bonds is 7. The highest BCUT2D eigenvalue weighted by atomic mass is 32.2. The van der Waals surface area contributed by atoms with E-state index in [-0.39, 0.29) is 24.4 Å². The summed E-state index contributed by atoms with van der Waals surface area (Å²) in [6.07, 6.45) is 0.0869. The maximum absolute atomic E-state index is 11.9. The number of hydrogen-bond acceptors (Lipinski definition) is 6. The van der Waals surface area contributed by atoms with E-state index in [0.717, 1.165) is 0 Å². The number of aryl methyl sites for hydroxylation is 1. The van der Waals surface area contributed by atoms with E-state index >= 15 is 0 Å². The molecule has 0 aliphatic heterocycles. The number of nitrogens with one attached hydrogen (secondary N) is 1. The first kappa shape index (κ1) is 15.5. The number of thiazole rings is 1. The molecule has 0 fully saturated rings. The molecule has 0 unspecified atom stereocenters. The Morgan fingerprint density at radius 2 is 2.10 bits per heavy atom. The molecule has 1 N–H and O–H groups in total. The number of nitro groups is 1. The van der Waals surface area contributed by atoms with E-state index < -0.39 is 14.9 Å². The zero-order valence-corrected chi connectivity index (χ0v) is 12.6. The Balaban J connectivity index is 1.97. The molecule has 9 heteroatoms. The molecule has 0 atom stereocenters. The molecular weight excluding hydrogens is 314 g/mol. The highest BCUT2D eigenvalue weighted by Crippen LogP contribution is 2.18. The molecule has 1 heterocycles. The quantitative estimate of drug-likeness (QED) is 0.616. The van der Waals surface area contributed by atoms with Crippen molar-refractivity contribution in [3.8, 4) is 0 Å². The van der Waals surface area contributed by atoms with Crippen molar-refractivity contribution in [2.45, 2.75) is 13.0 Å². The lowest BCUT2D eigenvalue weighted by Crippen LogP contribution is -2.27. The van der Waals surface area contributed by atoms with Crippen LogP contribution in [0.25, 0.3) is 0 Å². The van der Waals surface area contributed by atoms with Crippen LogP contribution in [0.2, 0.25) is 0 Å². The van der Waals surface area contributed by atoms with Crippen LogP contribution in [0, 0.1) is 10.1 Å². The molecule has 0 aliphatic carbocycles. The number of aromatic nitrogens is 1. The minimum absolute atomic E-state index is 0.0628. The van der Waals surface area contributed by atoms with Crippen molar-refractivity contribution in [1.82, 2.24) is 9.71 Å². The lowest BCUT2D eigenvalue weighted by Gasteiger charge is -2.06. The minimum atomic E-state index is -3.51. The first-order valence-corrected chi connectivity index (χ1v) is 8.64. The third-order valence-corrected chi connectivity index (χ3v) is 4.75. The highest BCUT2D eigenvalue weighted by molar-refractivity contribution is 7.89. The average molecular weight is 327 g/mol. The van der Waals surface area contributed by atoms with Gasteiger partial charge < -0.3 is 0 Å². The van der Waals surface area contributed by atoms with Gasteiger partial charge in [0.25, 0.3) is 5.69 Å². The minimum Gasteiger partial charge on any atom is -0.258 e. The van der Waals surface area contributed by atoms with E-state index in [2.05, 4.69) is 9.71 Å². The number of sulfonamides is 1. The van der Waals surface area contributed by atoms with E-state index in [9.17, 15) is 18.5 Å². The average Bonchev–Trinajstić information content (AvgIpc) is 2.97. The van der Waals surface area contributed by atoms with Crippen LogP contribution in [0.5, 0.6) is 0 Å². The lowest BCUT2D eigenvalue weighted by atomic mass is 10.1. The van der Waals surface area contributed by atoms with Gasteiger partial charge in [0.15, 0.2) is 0 Å². The Labute approximate surface area is 125 Å². The summed E-state index contributed by atoms with van der Waals surface area (Å²) in [6, 6.07) is 6.13. The smallest absolute Gasteiger partial charge is 0.258 e. The molecule has 0 aliphatic rings. The predicted molar refractivity (Wildman–Crippen MR) is 79.5 cm³/mol. The lowest BCUT2D eigenvalue weighted by molar-refractivity contribution is -0.385. The highest BCUT2D eigenvalue weighted by Gasteiger charge is 2.16. The van der Waals surface area contributed by atoms with Gasteiger partial charge in [0.1, 0.15) is 0 Å². The monoisotopic (exact) mass is 327 g/mol. The first-order chi connectivity index (χ1) is 9.98. The number of hydrogen-bond donors (Lipinski definition) is 1. The van der Waals surface area contributed by atoms with E-state index in [1.807, 2.05) is 0 Å². The van der Waals surface area contributed by atoms with Crippen molar-refractivity contribution >= 4 is 27.0 Å². The van der Waals surface area contributed by atoms with Gasteiger partial charge in [-0.3, -0.25) is 10.1 Å². The standard InChI is InChI=1S/C12H13N3O4S2/c16-15(17)12-4-2-1-3-10(12)5-6-21(18,19)14-7-11-8-20-9-13-11/h1-4,8-9,14H,5-7H2. The molecule has 1 aromatic carbocycles. The van der Waals surface area contributed by atoms with Gasteiger partial charge >= 0.3 is 0 Å². The summed E-state index contributed by atoms with van der Waals surface area (Å²) in [4.78, 5) is 14.3. The number of para-hydroxylation sites is 1. The second kappa shape index (κ2) is 6.74. The van der Waals surface area contributed by atoms with Crippen LogP contribution in [0.15, 0.2) is 35.2 Å². The van der Waals surface area contributed by atoms with Crippen molar-refractivity contribution in [2.75, 3.05) is 5.75 Å². The second-order valence-corrected chi connectivity index (χ2v) is 6.90. The molecule has 2 aromatic rings. The summed E-state index contributed by atoms with van der Waals surface area (Å²) in [7, 11) is -3.51. The van der Waals surface area contributed by atoms with Crippen molar-refractivity contribution in [1.29, 1.82) is 0 Å². The summed E-state index contributed by atoms with van der Waals surface area (Å²) in [6.45, 7) is 0.128. The summed E-state index contributed by atoms with van der Waals surface area (Å²) in [5.41, 5.74) is 2.61. The molecule has 7 nitrogen and oxygen atoms in total. The van der Waals surface area contributed by atoms with Crippen LogP contribution in [-0.4, -0.2) is 24.1 Å². The van der Waals surface area contributed by atoms with Crippen LogP contribution in [0.3, 0.4) is 0 Å². The van der Waals surface area contributed by atoms with Crippen LogP contribution in [0.4, 0.5) is 5.69 Å². The first-order valence-electron chi connectivity index (χ1n) is 6.04. The third kappa shape index (κ3) is 4.59. The van der Waals surface area contributed by atoms with E-state index in [0.29, 0.717) is 11.3 Å². The van der Waals surface area contributed by atoms with Gasteiger partial charge in [0.05, 0.1) is 28.4 Å². The van der Waals surface area contributed by atoms with Crippen LogP contribution in [-0.2, 0) is 23.0 Å². The SMILES string of the molecule is O=[N+]([O-])c1ccccc1CCS(=O)(=O)NCc1cscn1.